The van der Waals surface area contributed by atoms with Crippen LogP contribution in [-0.2, 0) is 0 Å². The van der Waals surface area contributed by atoms with Crippen molar-refractivity contribution in [1.29, 1.82) is 0 Å². The molecule has 0 aliphatic heterocycles. The van der Waals surface area contributed by atoms with Crippen molar-refractivity contribution in [3.63, 3.8) is 0 Å². The third kappa shape index (κ3) is 8.45. The Bertz CT molecular complexity index is 2080. The first kappa shape index (κ1) is 46.7. The molecule has 0 amide bonds. The molecule has 0 spiro atoms. The van der Waals surface area contributed by atoms with Gasteiger partial charge in [-0.3, -0.25) is 0 Å². The smallest absolute Gasteiger partial charge is 0.161 e. The van der Waals surface area contributed by atoms with E-state index in [2.05, 4.69) is 168 Å². The molecule has 0 aliphatic rings. The number of benzene rings is 5. The summed E-state index contributed by atoms with van der Waals surface area (Å²) in [6.45, 7) is 41.2. The van der Waals surface area contributed by atoms with E-state index in [4.69, 9.17) is 9.47 Å². The van der Waals surface area contributed by atoms with Gasteiger partial charge in [-0.1, -0.05) is 135 Å². The van der Waals surface area contributed by atoms with Gasteiger partial charge in [0.25, 0.3) is 0 Å². The number of aryl methyl sites for hydroxylation is 2. The van der Waals surface area contributed by atoms with Crippen molar-refractivity contribution in [2.75, 3.05) is 14.2 Å². The van der Waals surface area contributed by atoms with Gasteiger partial charge in [0.15, 0.2) is 11.5 Å². The lowest BCUT2D eigenvalue weighted by atomic mass is 9.88. The van der Waals surface area contributed by atoms with Crippen LogP contribution in [-0.4, -0.2) is 30.4 Å². The van der Waals surface area contributed by atoms with Crippen LogP contribution < -0.4 is 9.47 Å². The highest BCUT2D eigenvalue weighted by atomic mass is 28.3. The van der Waals surface area contributed by atoms with Crippen LogP contribution in [0, 0.1) is 36.8 Å². The topological polar surface area (TPSA) is 18.5 Å². The first-order valence-corrected chi connectivity index (χ1v) is 26.0. The highest BCUT2D eigenvalue weighted by molar-refractivity contribution is 6.91. The predicted octanol–water partition coefficient (Wildman–Crippen LogP) is 16.1. The van der Waals surface area contributed by atoms with Gasteiger partial charge in [-0.25, -0.2) is 0 Å². The summed E-state index contributed by atoms with van der Waals surface area (Å²) in [5, 5.41) is 9.44. The van der Waals surface area contributed by atoms with Gasteiger partial charge < -0.3 is 9.47 Å². The SMILES string of the molecule is CC.CC.COc1cc2cc3c(C#C[Si](C(C)C)(C(C)C)C(C)C)c4cc5cc(C)c(C)cc5cc4c(C#C[Si](C(C)C)(C(C)C)C(C)C)c3cc2cc1OC. The van der Waals surface area contributed by atoms with Crippen molar-refractivity contribution in [3.05, 3.63) is 70.8 Å². The van der Waals surface area contributed by atoms with Crippen LogP contribution in [0.1, 0.15) is 133 Å². The van der Waals surface area contributed by atoms with Gasteiger partial charge in [0.2, 0.25) is 0 Å². The molecular formula is C52H74O2Si2. The van der Waals surface area contributed by atoms with Crippen molar-refractivity contribution in [2.24, 2.45) is 0 Å². The first-order valence-electron chi connectivity index (χ1n) is 21.5. The van der Waals surface area contributed by atoms with E-state index in [0.717, 1.165) is 44.2 Å². The molecule has 0 bridgehead atoms. The van der Waals surface area contributed by atoms with E-state index in [0.29, 0.717) is 33.2 Å². The Morgan fingerprint density at radius 2 is 0.625 bits per heavy atom. The Labute approximate surface area is 344 Å². The van der Waals surface area contributed by atoms with E-state index in [1.165, 1.54) is 32.7 Å². The monoisotopic (exact) mass is 787 g/mol. The Balaban J connectivity index is 0.00000204. The average molecular weight is 787 g/mol. The zero-order valence-electron chi connectivity index (χ0n) is 38.9. The molecule has 0 aromatic heterocycles. The summed E-state index contributed by atoms with van der Waals surface area (Å²) >= 11 is 0. The molecule has 0 fully saturated rings. The molecule has 0 N–H and O–H groups in total. The van der Waals surface area contributed by atoms with Crippen LogP contribution in [0.5, 0.6) is 11.5 Å². The fourth-order valence-corrected chi connectivity index (χ4v) is 20.2. The molecule has 0 saturated heterocycles. The molecule has 0 unspecified atom stereocenters. The second-order valence-corrected chi connectivity index (χ2v) is 28.3. The molecule has 5 aromatic carbocycles. The van der Waals surface area contributed by atoms with Crippen LogP contribution in [0.3, 0.4) is 0 Å². The van der Waals surface area contributed by atoms with Crippen LogP contribution >= 0.6 is 0 Å². The van der Waals surface area contributed by atoms with E-state index >= 15 is 0 Å². The molecule has 4 heteroatoms. The largest absolute Gasteiger partial charge is 0.493 e. The summed E-state index contributed by atoms with van der Waals surface area (Å²) in [6, 6.07) is 18.4. The summed E-state index contributed by atoms with van der Waals surface area (Å²) in [6.07, 6.45) is 0. The van der Waals surface area contributed by atoms with Crippen LogP contribution in [0.15, 0.2) is 48.5 Å². The summed E-state index contributed by atoms with van der Waals surface area (Å²) in [5.74, 6) is 9.44. The first-order chi connectivity index (χ1) is 26.4. The van der Waals surface area contributed by atoms with Gasteiger partial charge >= 0.3 is 0 Å². The maximum Gasteiger partial charge on any atom is 0.161 e. The number of ether oxygens (including phenoxy) is 2. The zero-order valence-corrected chi connectivity index (χ0v) is 40.9. The highest BCUT2D eigenvalue weighted by Crippen LogP contribution is 2.44. The van der Waals surface area contributed by atoms with E-state index in [1.54, 1.807) is 14.2 Å². The van der Waals surface area contributed by atoms with Gasteiger partial charge in [-0.15, -0.1) is 11.1 Å². The lowest BCUT2D eigenvalue weighted by molar-refractivity contribution is 0.356. The maximum absolute atomic E-state index is 5.80. The standard InChI is InChI=1S/C48H62O2Si2.2C2H6/c1-29(2)51(30(3)4,31(5)6)19-17-41-43-23-37-21-35(13)36(14)22-38(37)24-44(43)42(18-20-52(32(7)8,33(9)10)34(11)12)46-26-40-28-48(50-16)47(49-15)27-39(40)25-45(41)46;2*1-2/h21-34H,1-16H3;2*1-2H3. The molecule has 302 valence electrons. The van der Waals surface area contributed by atoms with Gasteiger partial charge in [0.05, 0.1) is 14.2 Å². The molecule has 2 nitrogen and oxygen atoms in total. The third-order valence-corrected chi connectivity index (χ3v) is 25.3. The van der Waals surface area contributed by atoms with Crippen LogP contribution in [0.25, 0.3) is 43.1 Å². The molecule has 0 radical (unpaired) electrons. The summed E-state index contributed by atoms with van der Waals surface area (Å²) in [4.78, 5) is 0. The minimum Gasteiger partial charge on any atom is -0.493 e. The van der Waals surface area contributed by atoms with Gasteiger partial charge in [0, 0.05) is 11.1 Å². The Hall–Kier alpha value is -3.71. The molecule has 56 heavy (non-hydrogen) atoms. The molecule has 0 atom stereocenters. The normalized spacial score (nSPS) is 11.9. The number of hydrogen-bond acceptors (Lipinski definition) is 2. The minimum absolute atomic E-state index is 0.535. The van der Waals surface area contributed by atoms with Gasteiger partial charge in [-0.05, 0) is 138 Å². The molecule has 0 aliphatic carbocycles. The molecule has 5 rings (SSSR count). The molecular weight excluding hydrogens is 713 g/mol. The summed E-state index contributed by atoms with van der Waals surface area (Å²) in [5.41, 5.74) is 16.3. The van der Waals surface area contributed by atoms with E-state index in [1.807, 2.05) is 27.7 Å². The predicted molar refractivity (Wildman–Crippen MR) is 258 cm³/mol. The van der Waals surface area contributed by atoms with Crippen LogP contribution in [0.2, 0.25) is 33.2 Å². The molecule has 5 aromatic rings. The summed E-state index contributed by atoms with van der Waals surface area (Å²) < 4.78 is 11.6. The van der Waals surface area contributed by atoms with Crippen molar-refractivity contribution in [2.45, 2.75) is 158 Å². The van der Waals surface area contributed by atoms with Crippen molar-refractivity contribution in [3.8, 4) is 34.4 Å². The number of methoxy groups -OCH3 is 2. The highest BCUT2D eigenvalue weighted by Gasteiger charge is 2.43. The van der Waals surface area contributed by atoms with Gasteiger partial charge in [0.1, 0.15) is 16.1 Å². The van der Waals surface area contributed by atoms with Crippen molar-refractivity contribution in [1.82, 2.24) is 0 Å². The van der Waals surface area contributed by atoms with E-state index in [-0.39, 0.29) is 0 Å². The number of rotatable bonds is 8. The lowest BCUT2D eigenvalue weighted by Crippen LogP contribution is -2.43. The maximum atomic E-state index is 5.80. The van der Waals surface area contributed by atoms with E-state index in [9.17, 15) is 0 Å². The fraction of sp³-hybridized carbons (Fsp3) is 0.500. The Morgan fingerprint density at radius 1 is 0.393 bits per heavy atom. The van der Waals surface area contributed by atoms with Crippen molar-refractivity contribution >= 4 is 59.2 Å². The molecule has 0 heterocycles. The van der Waals surface area contributed by atoms with Crippen molar-refractivity contribution < 1.29 is 9.47 Å². The summed E-state index contributed by atoms with van der Waals surface area (Å²) in [7, 11) is -0.679. The number of hydrogen-bond donors (Lipinski definition) is 0. The zero-order chi connectivity index (χ0) is 42.4. The third-order valence-electron chi connectivity index (χ3n) is 12.7. The number of fused-ring (bicyclic) bond motifs is 4. The quantitative estimate of drug-likeness (QED) is 0.0886. The lowest BCUT2D eigenvalue weighted by Gasteiger charge is -2.38. The van der Waals surface area contributed by atoms with E-state index < -0.39 is 16.1 Å². The Kier molecular flexibility index (Phi) is 16.0. The second kappa shape index (κ2) is 19.2. The molecule has 0 saturated carbocycles. The Morgan fingerprint density at radius 3 is 0.839 bits per heavy atom. The minimum atomic E-state index is -2.05. The van der Waals surface area contributed by atoms with Gasteiger partial charge in [-0.2, -0.15) is 0 Å². The second-order valence-electron chi connectivity index (χ2n) is 17.2. The average Bonchev–Trinajstić information content (AvgIpc) is 3.15. The van der Waals surface area contributed by atoms with Crippen LogP contribution in [0.4, 0.5) is 0 Å². The fourth-order valence-electron chi connectivity index (χ4n) is 9.80.